The van der Waals surface area contributed by atoms with E-state index in [2.05, 4.69) is 22.1 Å². The molecule has 2 aromatic rings. The van der Waals surface area contributed by atoms with E-state index in [9.17, 15) is 0 Å². The van der Waals surface area contributed by atoms with Gasteiger partial charge in [-0.25, -0.2) is 9.97 Å². The largest absolute Gasteiger partial charge is 0.382 e. The lowest BCUT2D eigenvalue weighted by Crippen LogP contribution is -1.94. The quantitative estimate of drug-likeness (QED) is 0.673. The summed E-state index contributed by atoms with van der Waals surface area (Å²) in [5.41, 5.74) is 6.82. The van der Waals surface area contributed by atoms with Crippen molar-refractivity contribution in [2.75, 3.05) is 5.73 Å². The Kier molecular flexibility index (Phi) is 3.64. The van der Waals surface area contributed by atoms with Gasteiger partial charge in [0.15, 0.2) is 0 Å². The van der Waals surface area contributed by atoms with Crippen LogP contribution in [0.4, 0.5) is 5.82 Å². The molecule has 0 spiro atoms. The van der Waals surface area contributed by atoms with Gasteiger partial charge in [0.1, 0.15) is 22.2 Å². The molecule has 2 rings (SSSR count). The van der Waals surface area contributed by atoms with Crippen molar-refractivity contribution >= 4 is 29.2 Å². The van der Waals surface area contributed by atoms with Crippen LogP contribution in [-0.4, -0.2) is 9.97 Å². The number of thioether (sulfide) groups is 1. The maximum absolute atomic E-state index is 5.99. The van der Waals surface area contributed by atoms with E-state index in [4.69, 9.17) is 17.3 Å². The van der Waals surface area contributed by atoms with Crippen LogP contribution >= 0.6 is 23.4 Å². The molecule has 0 saturated carbocycles. The fourth-order valence-corrected chi connectivity index (χ4v) is 2.30. The third kappa shape index (κ3) is 2.65. The van der Waals surface area contributed by atoms with Crippen molar-refractivity contribution in [1.82, 2.24) is 9.97 Å². The van der Waals surface area contributed by atoms with Crippen LogP contribution < -0.4 is 5.73 Å². The summed E-state index contributed by atoms with van der Waals surface area (Å²) in [5.74, 6) is 1.14. The number of hydrogen-bond acceptors (Lipinski definition) is 4. The van der Waals surface area contributed by atoms with E-state index < -0.39 is 0 Å². The van der Waals surface area contributed by atoms with Crippen molar-refractivity contribution in [3.63, 3.8) is 0 Å². The van der Waals surface area contributed by atoms with Gasteiger partial charge >= 0.3 is 0 Å². The Morgan fingerprint density at radius 3 is 2.69 bits per heavy atom. The van der Waals surface area contributed by atoms with Gasteiger partial charge in [0.2, 0.25) is 0 Å². The molecule has 0 aliphatic rings. The Bertz CT molecular complexity index is 476. The zero-order valence-electron chi connectivity index (χ0n) is 8.43. The van der Waals surface area contributed by atoms with Crippen LogP contribution in [0.15, 0.2) is 41.7 Å². The van der Waals surface area contributed by atoms with E-state index in [-0.39, 0.29) is 0 Å². The third-order valence-electron chi connectivity index (χ3n) is 2.00. The van der Waals surface area contributed by atoms with Crippen molar-refractivity contribution in [3.05, 3.63) is 47.2 Å². The van der Waals surface area contributed by atoms with Crippen LogP contribution in [0.1, 0.15) is 5.56 Å². The first-order valence-electron chi connectivity index (χ1n) is 4.70. The SMILES string of the molecule is Nc1ncnc(SCc2ccccc2)c1Cl. The smallest absolute Gasteiger partial charge is 0.146 e. The third-order valence-corrected chi connectivity index (χ3v) is 3.55. The first kappa shape index (κ1) is 11.2. The van der Waals surface area contributed by atoms with Gasteiger partial charge in [-0.05, 0) is 5.56 Å². The lowest BCUT2D eigenvalue weighted by atomic mass is 10.2. The molecule has 82 valence electrons. The van der Waals surface area contributed by atoms with Gasteiger partial charge in [-0.2, -0.15) is 0 Å². The molecule has 1 heterocycles. The molecule has 0 radical (unpaired) electrons. The topological polar surface area (TPSA) is 51.8 Å². The van der Waals surface area contributed by atoms with Crippen molar-refractivity contribution in [2.45, 2.75) is 10.8 Å². The van der Waals surface area contributed by atoms with E-state index in [0.29, 0.717) is 10.8 Å². The Hall–Kier alpha value is -1.26. The first-order chi connectivity index (χ1) is 7.77. The molecule has 1 aromatic heterocycles. The molecule has 0 saturated heterocycles. The highest BCUT2D eigenvalue weighted by atomic mass is 35.5. The van der Waals surface area contributed by atoms with Gasteiger partial charge in [-0.1, -0.05) is 53.7 Å². The maximum atomic E-state index is 5.99. The summed E-state index contributed by atoms with van der Waals surface area (Å²) in [5, 5.41) is 1.15. The number of nitrogens with two attached hydrogens (primary N) is 1. The lowest BCUT2D eigenvalue weighted by molar-refractivity contribution is 1.05. The number of anilines is 1. The fraction of sp³-hybridized carbons (Fsp3) is 0.0909. The normalized spacial score (nSPS) is 10.3. The molecule has 0 atom stereocenters. The lowest BCUT2D eigenvalue weighted by Gasteiger charge is -2.04. The predicted molar refractivity (Wildman–Crippen MR) is 67.5 cm³/mol. The molecule has 0 unspecified atom stereocenters. The summed E-state index contributed by atoms with van der Waals surface area (Å²) in [6.45, 7) is 0. The minimum absolute atomic E-state index is 0.326. The highest BCUT2D eigenvalue weighted by Gasteiger charge is 2.06. The minimum atomic E-state index is 0.326. The molecular weight excluding hydrogens is 242 g/mol. The van der Waals surface area contributed by atoms with E-state index in [1.54, 1.807) is 11.8 Å². The summed E-state index contributed by atoms with van der Waals surface area (Å²) in [6, 6.07) is 10.1. The van der Waals surface area contributed by atoms with Crippen LogP contribution in [0.3, 0.4) is 0 Å². The van der Waals surface area contributed by atoms with Crippen molar-refractivity contribution < 1.29 is 0 Å². The second-order valence-corrected chi connectivity index (χ2v) is 4.49. The number of aromatic nitrogens is 2. The molecule has 16 heavy (non-hydrogen) atoms. The van der Waals surface area contributed by atoms with E-state index in [1.165, 1.54) is 11.9 Å². The van der Waals surface area contributed by atoms with Gasteiger partial charge in [-0.15, -0.1) is 0 Å². The van der Waals surface area contributed by atoms with Gasteiger partial charge in [0.05, 0.1) is 0 Å². The average molecular weight is 252 g/mol. The molecule has 3 nitrogen and oxygen atoms in total. The molecular formula is C11H10ClN3S. The van der Waals surface area contributed by atoms with Crippen LogP contribution in [0.5, 0.6) is 0 Å². The Balaban J connectivity index is 2.08. The van der Waals surface area contributed by atoms with Crippen LogP contribution in [0.25, 0.3) is 0 Å². The second kappa shape index (κ2) is 5.18. The second-order valence-electron chi connectivity index (χ2n) is 3.15. The Morgan fingerprint density at radius 1 is 1.19 bits per heavy atom. The van der Waals surface area contributed by atoms with E-state index >= 15 is 0 Å². The molecule has 0 bridgehead atoms. The number of hydrogen-bond donors (Lipinski definition) is 1. The Labute approximate surface area is 103 Å². The van der Waals surface area contributed by atoms with Gasteiger partial charge < -0.3 is 5.73 Å². The molecule has 0 amide bonds. The molecule has 0 aliphatic heterocycles. The van der Waals surface area contributed by atoms with Crippen molar-refractivity contribution in [2.24, 2.45) is 0 Å². The standard InChI is InChI=1S/C11H10ClN3S/c12-9-10(13)14-7-15-11(9)16-6-8-4-2-1-3-5-8/h1-5,7H,6H2,(H2,13,14,15). The zero-order valence-corrected chi connectivity index (χ0v) is 10.0. The predicted octanol–water partition coefficient (Wildman–Crippen LogP) is 3.00. The van der Waals surface area contributed by atoms with E-state index in [1.807, 2.05) is 18.2 Å². The number of halogens is 1. The first-order valence-corrected chi connectivity index (χ1v) is 6.06. The van der Waals surface area contributed by atoms with Crippen molar-refractivity contribution in [1.29, 1.82) is 0 Å². The van der Waals surface area contributed by atoms with Crippen LogP contribution in [0.2, 0.25) is 5.02 Å². The summed E-state index contributed by atoms with van der Waals surface area (Å²) in [4.78, 5) is 7.91. The van der Waals surface area contributed by atoms with Gasteiger partial charge in [0.25, 0.3) is 0 Å². The van der Waals surface area contributed by atoms with Crippen molar-refractivity contribution in [3.8, 4) is 0 Å². The molecule has 5 heteroatoms. The monoisotopic (exact) mass is 251 g/mol. The van der Waals surface area contributed by atoms with Crippen LogP contribution in [0, 0.1) is 0 Å². The molecule has 2 N–H and O–H groups in total. The molecule has 0 aliphatic carbocycles. The number of benzene rings is 1. The van der Waals surface area contributed by atoms with Crippen LogP contribution in [-0.2, 0) is 5.75 Å². The Morgan fingerprint density at radius 2 is 1.94 bits per heavy atom. The fourth-order valence-electron chi connectivity index (χ4n) is 1.19. The zero-order chi connectivity index (χ0) is 11.4. The highest BCUT2D eigenvalue weighted by molar-refractivity contribution is 7.98. The number of nitrogen functional groups attached to an aromatic ring is 1. The number of rotatable bonds is 3. The molecule has 1 aromatic carbocycles. The summed E-state index contributed by atoms with van der Waals surface area (Å²) in [7, 11) is 0. The molecule has 0 fully saturated rings. The van der Waals surface area contributed by atoms with Gasteiger partial charge in [-0.3, -0.25) is 0 Å². The summed E-state index contributed by atoms with van der Waals surface area (Å²) in [6.07, 6.45) is 1.43. The summed E-state index contributed by atoms with van der Waals surface area (Å²) < 4.78 is 0. The van der Waals surface area contributed by atoms with E-state index in [0.717, 1.165) is 10.8 Å². The minimum Gasteiger partial charge on any atom is -0.382 e. The number of nitrogens with zero attached hydrogens (tertiary/aromatic N) is 2. The maximum Gasteiger partial charge on any atom is 0.146 e. The van der Waals surface area contributed by atoms with Gasteiger partial charge in [0, 0.05) is 5.75 Å². The average Bonchev–Trinajstić information content (AvgIpc) is 2.32. The highest BCUT2D eigenvalue weighted by Crippen LogP contribution is 2.29. The summed E-state index contributed by atoms with van der Waals surface area (Å²) >= 11 is 7.54.